The molecule has 0 aliphatic carbocycles. The Morgan fingerprint density at radius 3 is 2.23 bits per heavy atom. The number of cyclic esters (lactones) is 1. The Labute approximate surface area is 312 Å². The van der Waals surface area contributed by atoms with Crippen LogP contribution in [0, 0.1) is 23.7 Å². The smallest absolute Gasteiger partial charge is 0.311 e. The number of aliphatic hydroxyl groups is 1. The fraction of sp³-hybridized carbons (Fsp3) is 0.900. The maximum absolute atomic E-state index is 14.2. The molecular weight excluding hydrogens is 670 g/mol. The Balaban J connectivity index is 1.85. The summed E-state index contributed by atoms with van der Waals surface area (Å²) in [5.74, 6) is -2.17. The molecule has 0 aromatic rings. The van der Waals surface area contributed by atoms with E-state index in [1.165, 1.54) is 6.92 Å². The van der Waals surface area contributed by atoms with E-state index in [1.807, 2.05) is 76.3 Å². The van der Waals surface area contributed by atoms with Gasteiger partial charge in [-0.15, -0.1) is 0 Å². The van der Waals surface area contributed by atoms with Crippen LogP contribution in [0.25, 0.3) is 0 Å². The second kappa shape index (κ2) is 17.3. The lowest BCUT2D eigenvalue weighted by Gasteiger charge is -2.48. The second-order valence-electron chi connectivity index (χ2n) is 16.8. The number of fused-ring (bicyclic) bond motifs is 2. The zero-order chi connectivity index (χ0) is 38.9. The standard InChI is InChI=1S/C40H69NO11/c1-15-30-24(6)32(43)25(7)33-21(3)18-40(12,52-33)36(51-38-35(48-28(10)42)29(41(13)16-2)17-22(4)47-38)26(8)34(27(9)37(44)49-30)50-31-20-39(11,45-14)19-23(5)46-31/h22-27,29-32,34-36,38,43H,15-20H2,1-14H3/t22-,23+,24+,25+,26+,27-,29+,30+,31+,32+,34-,35-,36-,38+,39+,40-/m1/s1. The van der Waals surface area contributed by atoms with E-state index in [0.29, 0.717) is 37.9 Å². The fourth-order valence-electron chi connectivity index (χ4n) is 9.19. The van der Waals surface area contributed by atoms with Gasteiger partial charge in [0.05, 0.1) is 42.0 Å². The number of ether oxygens (including phenoxy) is 8. The van der Waals surface area contributed by atoms with E-state index in [0.717, 1.165) is 12.1 Å². The number of esters is 2. The van der Waals surface area contributed by atoms with Gasteiger partial charge in [-0.05, 0) is 73.5 Å². The number of carbonyl (C=O) groups is 2. The Hall–Kier alpha value is -1.80. The molecule has 12 heteroatoms. The average Bonchev–Trinajstić information content (AvgIpc) is 3.40. The molecular formula is C40H69NO11. The van der Waals surface area contributed by atoms with Crippen molar-refractivity contribution in [2.45, 2.75) is 188 Å². The third-order valence-corrected chi connectivity index (χ3v) is 12.3. The van der Waals surface area contributed by atoms with E-state index in [-0.39, 0.29) is 30.1 Å². The van der Waals surface area contributed by atoms with Crippen molar-refractivity contribution in [1.82, 2.24) is 4.90 Å². The van der Waals surface area contributed by atoms with Crippen molar-refractivity contribution in [3.8, 4) is 0 Å². The van der Waals surface area contributed by atoms with Crippen LogP contribution in [0.1, 0.15) is 115 Å². The summed E-state index contributed by atoms with van der Waals surface area (Å²) >= 11 is 0. The molecule has 300 valence electrons. The fourth-order valence-corrected chi connectivity index (χ4v) is 9.19. The van der Waals surface area contributed by atoms with E-state index < -0.39 is 78.1 Å². The quantitative estimate of drug-likeness (QED) is 0.288. The predicted molar refractivity (Wildman–Crippen MR) is 195 cm³/mol. The van der Waals surface area contributed by atoms with E-state index in [2.05, 4.69) is 11.8 Å². The van der Waals surface area contributed by atoms with E-state index in [1.54, 1.807) is 7.11 Å². The van der Waals surface area contributed by atoms with E-state index in [9.17, 15) is 14.7 Å². The SMILES string of the molecule is CC[C@@H]1OC(=O)[C@H](C)[C@H](O[C@H]2C[C@@](C)(OC)C[C@H](C)O2)[C@H](C)[C@@H](O[C@@H]2O[C@H](C)C[C@H](N(C)CC)[C@H]2OC(C)=O)[C@@]2(C)CC(C)=C(O2)[C@@H](C)[C@@H](O)[C@H]1C. The summed E-state index contributed by atoms with van der Waals surface area (Å²) < 4.78 is 52.1. The van der Waals surface area contributed by atoms with Gasteiger partial charge in [0.15, 0.2) is 18.7 Å². The molecule has 0 saturated carbocycles. The first-order valence-electron chi connectivity index (χ1n) is 19.6. The van der Waals surface area contributed by atoms with Gasteiger partial charge >= 0.3 is 11.9 Å². The third kappa shape index (κ3) is 9.34. The second-order valence-corrected chi connectivity index (χ2v) is 16.8. The molecule has 0 aromatic heterocycles. The summed E-state index contributed by atoms with van der Waals surface area (Å²) in [6.45, 7) is 23.9. The van der Waals surface area contributed by atoms with Gasteiger partial charge in [-0.1, -0.05) is 34.6 Å². The Bertz CT molecular complexity index is 1260. The predicted octanol–water partition coefficient (Wildman–Crippen LogP) is 5.77. The molecule has 4 rings (SSSR count). The van der Waals surface area contributed by atoms with Gasteiger partial charge < -0.3 is 43.0 Å². The molecule has 0 aromatic carbocycles. The van der Waals surface area contributed by atoms with Gasteiger partial charge in [0.1, 0.15) is 23.6 Å². The third-order valence-electron chi connectivity index (χ3n) is 12.3. The Kier molecular flexibility index (Phi) is 14.3. The minimum absolute atomic E-state index is 0.143. The van der Waals surface area contributed by atoms with Crippen LogP contribution in [0.2, 0.25) is 0 Å². The molecule has 4 heterocycles. The minimum Gasteiger partial charge on any atom is -0.489 e. The number of likely N-dealkylation sites (N-methyl/N-ethyl adjacent to an activating group) is 1. The summed E-state index contributed by atoms with van der Waals surface area (Å²) in [7, 11) is 3.70. The summed E-state index contributed by atoms with van der Waals surface area (Å²) in [5, 5.41) is 11.7. The first-order valence-corrected chi connectivity index (χ1v) is 19.6. The largest absolute Gasteiger partial charge is 0.489 e. The molecule has 4 aliphatic heterocycles. The van der Waals surface area contributed by atoms with Crippen molar-refractivity contribution < 1.29 is 52.6 Å². The minimum atomic E-state index is -0.974. The zero-order valence-electron chi connectivity index (χ0n) is 34.3. The van der Waals surface area contributed by atoms with Crippen molar-refractivity contribution in [2.75, 3.05) is 20.7 Å². The van der Waals surface area contributed by atoms with Gasteiger partial charge in [-0.3, -0.25) is 14.5 Å². The topological polar surface area (TPSA) is 131 Å². The maximum atomic E-state index is 14.2. The molecule has 3 saturated heterocycles. The molecule has 3 fully saturated rings. The first kappa shape index (κ1) is 42.9. The highest BCUT2D eigenvalue weighted by atomic mass is 16.7. The number of carbonyl (C=O) groups excluding carboxylic acids is 2. The number of methoxy groups -OCH3 is 1. The maximum Gasteiger partial charge on any atom is 0.311 e. The molecule has 1 N–H and O–H groups in total. The molecule has 2 bridgehead atoms. The van der Waals surface area contributed by atoms with Gasteiger partial charge in [-0.2, -0.15) is 0 Å². The molecule has 12 nitrogen and oxygen atoms in total. The van der Waals surface area contributed by atoms with Crippen molar-refractivity contribution in [2.24, 2.45) is 23.7 Å². The summed E-state index contributed by atoms with van der Waals surface area (Å²) in [4.78, 5) is 28.9. The Morgan fingerprint density at radius 2 is 1.63 bits per heavy atom. The van der Waals surface area contributed by atoms with Crippen LogP contribution in [0.15, 0.2) is 11.3 Å². The van der Waals surface area contributed by atoms with Crippen LogP contribution in [0.3, 0.4) is 0 Å². The lowest BCUT2D eigenvalue weighted by molar-refractivity contribution is -0.310. The highest BCUT2D eigenvalue weighted by Gasteiger charge is 2.55. The van der Waals surface area contributed by atoms with Crippen LogP contribution in [-0.4, -0.2) is 115 Å². The molecule has 0 spiro atoms. The highest BCUT2D eigenvalue weighted by molar-refractivity contribution is 5.73. The van der Waals surface area contributed by atoms with E-state index >= 15 is 0 Å². The number of aliphatic hydroxyl groups excluding tert-OH is 1. The van der Waals surface area contributed by atoms with Crippen LogP contribution in [-0.2, 0) is 47.5 Å². The van der Waals surface area contributed by atoms with E-state index in [4.69, 9.17) is 37.9 Å². The van der Waals surface area contributed by atoms with Crippen molar-refractivity contribution in [1.29, 1.82) is 0 Å². The van der Waals surface area contributed by atoms with Crippen LogP contribution < -0.4 is 0 Å². The van der Waals surface area contributed by atoms with Gasteiger partial charge in [-0.25, -0.2) is 0 Å². The van der Waals surface area contributed by atoms with Crippen molar-refractivity contribution in [3.63, 3.8) is 0 Å². The first-order chi connectivity index (χ1) is 24.3. The lowest BCUT2D eigenvalue weighted by Crippen LogP contribution is -2.60. The monoisotopic (exact) mass is 739 g/mol. The average molecular weight is 740 g/mol. The lowest BCUT2D eigenvalue weighted by atomic mass is 9.79. The molecule has 52 heavy (non-hydrogen) atoms. The highest BCUT2D eigenvalue weighted by Crippen LogP contribution is 2.47. The summed E-state index contributed by atoms with van der Waals surface area (Å²) in [6.07, 6.45) is -2.72. The van der Waals surface area contributed by atoms with Gasteiger partial charge in [0, 0.05) is 51.0 Å². The number of hydrogen-bond donors (Lipinski definition) is 1. The van der Waals surface area contributed by atoms with Crippen molar-refractivity contribution in [3.05, 3.63) is 11.3 Å². The number of hydrogen-bond acceptors (Lipinski definition) is 12. The molecule has 16 atom stereocenters. The summed E-state index contributed by atoms with van der Waals surface area (Å²) in [5.41, 5.74) is -0.449. The molecule has 0 amide bonds. The van der Waals surface area contributed by atoms with Crippen LogP contribution >= 0.6 is 0 Å². The number of nitrogens with zero attached hydrogens (tertiary/aromatic N) is 1. The van der Waals surface area contributed by atoms with Gasteiger partial charge in [0.25, 0.3) is 0 Å². The molecule has 4 aliphatic rings. The number of rotatable bonds is 9. The van der Waals surface area contributed by atoms with Gasteiger partial charge in [0.2, 0.25) is 0 Å². The zero-order valence-corrected chi connectivity index (χ0v) is 34.3. The Morgan fingerprint density at radius 1 is 0.962 bits per heavy atom. The molecule has 0 radical (unpaired) electrons. The molecule has 0 unspecified atom stereocenters. The van der Waals surface area contributed by atoms with Crippen LogP contribution in [0.5, 0.6) is 0 Å². The summed E-state index contributed by atoms with van der Waals surface area (Å²) in [6, 6.07) is -0.159. The normalized spacial score (nSPS) is 45.0. The van der Waals surface area contributed by atoms with Crippen LogP contribution in [0.4, 0.5) is 0 Å². The van der Waals surface area contributed by atoms with Crippen molar-refractivity contribution >= 4 is 11.9 Å².